The summed E-state index contributed by atoms with van der Waals surface area (Å²) >= 11 is 0. The van der Waals surface area contributed by atoms with Crippen LogP contribution in [0.1, 0.15) is 39.5 Å². The van der Waals surface area contributed by atoms with Crippen molar-refractivity contribution in [2.75, 3.05) is 19.6 Å². The summed E-state index contributed by atoms with van der Waals surface area (Å²) in [5.74, 6) is 0.259. The van der Waals surface area contributed by atoms with Gasteiger partial charge < -0.3 is 15.0 Å². The quantitative estimate of drug-likeness (QED) is 0.804. The zero-order valence-corrected chi connectivity index (χ0v) is 10.9. The maximum absolute atomic E-state index is 11.9. The third-order valence-electron chi connectivity index (χ3n) is 3.70. The van der Waals surface area contributed by atoms with Gasteiger partial charge in [0.25, 0.3) is 0 Å². The van der Waals surface area contributed by atoms with Crippen molar-refractivity contribution >= 4 is 5.91 Å². The Morgan fingerprint density at radius 1 is 1.24 bits per heavy atom. The highest BCUT2D eigenvalue weighted by Crippen LogP contribution is 2.18. The van der Waals surface area contributed by atoms with Gasteiger partial charge in [-0.05, 0) is 39.5 Å². The van der Waals surface area contributed by atoms with Crippen molar-refractivity contribution in [2.45, 2.75) is 57.8 Å². The molecule has 4 nitrogen and oxygen atoms in total. The molecule has 2 fully saturated rings. The number of amides is 1. The zero-order valence-electron chi connectivity index (χ0n) is 10.9. The first kappa shape index (κ1) is 12.8. The van der Waals surface area contributed by atoms with E-state index in [1.807, 2.05) is 4.90 Å². The first-order valence-corrected chi connectivity index (χ1v) is 6.82. The Labute approximate surface area is 104 Å². The Kier molecular flexibility index (Phi) is 4.40. The van der Waals surface area contributed by atoms with Gasteiger partial charge in [-0.3, -0.25) is 4.79 Å². The molecule has 2 unspecified atom stereocenters. The van der Waals surface area contributed by atoms with Crippen molar-refractivity contribution in [2.24, 2.45) is 0 Å². The summed E-state index contributed by atoms with van der Waals surface area (Å²) in [4.78, 5) is 13.9. The van der Waals surface area contributed by atoms with Crippen LogP contribution in [0, 0.1) is 0 Å². The minimum absolute atomic E-state index is 0.259. The lowest BCUT2D eigenvalue weighted by atomic mass is 10.00. The highest BCUT2D eigenvalue weighted by molar-refractivity contribution is 5.78. The smallest absolute Gasteiger partial charge is 0.236 e. The van der Waals surface area contributed by atoms with Gasteiger partial charge in [-0.2, -0.15) is 0 Å². The lowest BCUT2D eigenvalue weighted by Crippen LogP contribution is -2.45. The molecule has 17 heavy (non-hydrogen) atoms. The summed E-state index contributed by atoms with van der Waals surface area (Å²) in [7, 11) is 0. The Hall–Kier alpha value is -0.610. The van der Waals surface area contributed by atoms with E-state index in [2.05, 4.69) is 19.2 Å². The van der Waals surface area contributed by atoms with E-state index in [9.17, 15) is 4.79 Å². The first-order chi connectivity index (χ1) is 8.15. The topological polar surface area (TPSA) is 41.6 Å². The van der Waals surface area contributed by atoms with Crippen LogP contribution in [-0.4, -0.2) is 48.7 Å². The number of carbonyl (C=O) groups excluding carboxylic acids is 1. The van der Waals surface area contributed by atoms with Crippen molar-refractivity contribution in [3.8, 4) is 0 Å². The third-order valence-corrected chi connectivity index (χ3v) is 3.70. The van der Waals surface area contributed by atoms with Crippen molar-refractivity contribution in [1.29, 1.82) is 0 Å². The van der Waals surface area contributed by atoms with E-state index in [1.54, 1.807) is 0 Å². The highest BCUT2D eigenvalue weighted by atomic mass is 16.5. The highest BCUT2D eigenvalue weighted by Gasteiger charge is 2.25. The summed E-state index contributed by atoms with van der Waals surface area (Å²) in [6, 6.07) is 0.431. The van der Waals surface area contributed by atoms with Gasteiger partial charge in [-0.1, -0.05) is 0 Å². The number of nitrogens with one attached hydrogen (secondary N) is 1. The van der Waals surface area contributed by atoms with Gasteiger partial charge in [0, 0.05) is 19.1 Å². The second kappa shape index (κ2) is 5.83. The molecule has 2 aliphatic heterocycles. The fraction of sp³-hybridized carbons (Fsp3) is 0.923. The second-order valence-corrected chi connectivity index (χ2v) is 5.39. The van der Waals surface area contributed by atoms with E-state index in [1.165, 1.54) is 0 Å². The summed E-state index contributed by atoms with van der Waals surface area (Å²) in [5.41, 5.74) is 0. The van der Waals surface area contributed by atoms with Gasteiger partial charge in [0.1, 0.15) is 0 Å². The van der Waals surface area contributed by atoms with Gasteiger partial charge in [-0.15, -0.1) is 0 Å². The molecule has 2 atom stereocenters. The molecule has 0 aliphatic carbocycles. The molecule has 2 aliphatic rings. The molecule has 4 heteroatoms. The third kappa shape index (κ3) is 3.68. The van der Waals surface area contributed by atoms with Crippen molar-refractivity contribution < 1.29 is 9.53 Å². The Balaban J connectivity index is 1.71. The predicted octanol–water partition coefficient (Wildman–Crippen LogP) is 1.15. The number of hydrogen-bond donors (Lipinski definition) is 1. The monoisotopic (exact) mass is 240 g/mol. The van der Waals surface area contributed by atoms with E-state index in [4.69, 9.17) is 4.74 Å². The average molecular weight is 240 g/mol. The number of nitrogens with zero attached hydrogens (tertiary/aromatic N) is 1. The lowest BCUT2D eigenvalue weighted by molar-refractivity contribution is -0.129. The molecule has 0 saturated carbocycles. The molecule has 2 saturated heterocycles. The van der Waals surface area contributed by atoms with Crippen LogP contribution in [0.25, 0.3) is 0 Å². The molecule has 1 N–H and O–H groups in total. The van der Waals surface area contributed by atoms with Crippen molar-refractivity contribution in [1.82, 2.24) is 10.2 Å². The lowest BCUT2D eigenvalue weighted by Gasteiger charge is -2.32. The fourth-order valence-corrected chi connectivity index (χ4v) is 2.88. The molecule has 0 spiro atoms. The zero-order chi connectivity index (χ0) is 12.3. The average Bonchev–Trinajstić information content (AvgIpc) is 2.78. The van der Waals surface area contributed by atoms with Crippen molar-refractivity contribution in [3.05, 3.63) is 0 Å². The van der Waals surface area contributed by atoms with E-state index in [0.717, 1.165) is 38.8 Å². The molecular weight excluding hydrogens is 216 g/mol. The van der Waals surface area contributed by atoms with Crippen LogP contribution in [0.15, 0.2) is 0 Å². The predicted molar refractivity (Wildman–Crippen MR) is 66.8 cm³/mol. The number of likely N-dealkylation sites (tertiary alicyclic amines) is 1. The molecule has 2 rings (SSSR count). The van der Waals surface area contributed by atoms with E-state index in [-0.39, 0.29) is 5.91 Å². The normalized spacial score (nSPS) is 34.0. The standard InChI is InChI=1S/C13H24N2O2/c1-10-7-12(8-11(2)17-10)14-9-13(16)15-5-3-4-6-15/h10-12,14H,3-9H2,1-2H3. The maximum Gasteiger partial charge on any atom is 0.236 e. The van der Waals surface area contributed by atoms with Crippen LogP contribution in [0.4, 0.5) is 0 Å². The minimum atomic E-state index is 0.259. The molecule has 0 aromatic heterocycles. The molecule has 0 bridgehead atoms. The van der Waals surface area contributed by atoms with Gasteiger partial charge in [0.05, 0.1) is 18.8 Å². The molecule has 0 radical (unpaired) electrons. The number of hydrogen-bond acceptors (Lipinski definition) is 3. The molecule has 98 valence electrons. The van der Waals surface area contributed by atoms with Crippen molar-refractivity contribution in [3.63, 3.8) is 0 Å². The van der Waals surface area contributed by atoms with Crippen LogP contribution in [0.3, 0.4) is 0 Å². The Bertz CT molecular complexity index is 254. The van der Waals surface area contributed by atoms with Crippen LogP contribution < -0.4 is 5.32 Å². The largest absolute Gasteiger partial charge is 0.375 e. The van der Waals surface area contributed by atoms with Gasteiger partial charge >= 0.3 is 0 Å². The summed E-state index contributed by atoms with van der Waals surface area (Å²) in [5, 5.41) is 3.39. The first-order valence-electron chi connectivity index (χ1n) is 6.82. The Morgan fingerprint density at radius 2 is 1.82 bits per heavy atom. The van der Waals surface area contributed by atoms with Crippen LogP contribution >= 0.6 is 0 Å². The fourth-order valence-electron chi connectivity index (χ4n) is 2.88. The van der Waals surface area contributed by atoms with Gasteiger partial charge in [0.15, 0.2) is 0 Å². The SMILES string of the molecule is CC1CC(NCC(=O)N2CCCC2)CC(C)O1. The molecule has 0 aromatic carbocycles. The van der Waals surface area contributed by atoms with Gasteiger partial charge in [-0.25, -0.2) is 0 Å². The number of carbonyl (C=O) groups is 1. The molecule has 0 aromatic rings. The van der Waals surface area contributed by atoms with E-state index in [0.29, 0.717) is 24.8 Å². The second-order valence-electron chi connectivity index (χ2n) is 5.39. The molecular formula is C13H24N2O2. The Morgan fingerprint density at radius 3 is 2.41 bits per heavy atom. The van der Waals surface area contributed by atoms with Crippen LogP contribution in [0.5, 0.6) is 0 Å². The van der Waals surface area contributed by atoms with E-state index >= 15 is 0 Å². The van der Waals surface area contributed by atoms with E-state index < -0.39 is 0 Å². The van der Waals surface area contributed by atoms with Crippen LogP contribution in [-0.2, 0) is 9.53 Å². The van der Waals surface area contributed by atoms with Gasteiger partial charge in [0.2, 0.25) is 5.91 Å². The maximum atomic E-state index is 11.9. The van der Waals surface area contributed by atoms with Crippen LogP contribution in [0.2, 0.25) is 0 Å². The number of ether oxygens (including phenoxy) is 1. The summed E-state index contributed by atoms with van der Waals surface area (Å²) in [6.07, 6.45) is 4.96. The summed E-state index contributed by atoms with van der Waals surface area (Å²) < 4.78 is 5.69. The molecule has 1 amide bonds. The molecule has 2 heterocycles. The summed E-state index contributed by atoms with van der Waals surface area (Å²) in [6.45, 7) is 6.59. The number of rotatable bonds is 3. The minimum Gasteiger partial charge on any atom is -0.375 e.